The van der Waals surface area contributed by atoms with Crippen LogP contribution >= 0.6 is 0 Å². The number of phenolic OH excluding ortho intramolecular Hbond substituents is 2. The number of hydrogen-bond donors (Lipinski definition) is 4. The van der Waals surface area contributed by atoms with Gasteiger partial charge in [0.05, 0.1) is 11.7 Å². The minimum absolute atomic E-state index is 0.0420. The number of carbonyl (C=O) groups excluding carboxylic acids is 1. The Morgan fingerprint density at radius 2 is 1.75 bits per heavy atom. The fraction of sp³-hybridized carbons (Fsp3) is 0.261. The van der Waals surface area contributed by atoms with Crippen LogP contribution < -0.4 is 11.1 Å². The maximum atomic E-state index is 12.6. The molecule has 0 radical (unpaired) electrons. The quantitative estimate of drug-likeness (QED) is 0.409. The molecular formula is C23H28N2O3. The predicted octanol–water partition coefficient (Wildman–Crippen LogP) is 4.14. The zero-order valence-electron chi connectivity index (χ0n) is 16.4. The lowest BCUT2D eigenvalue weighted by Gasteiger charge is -2.22. The normalized spacial score (nSPS) is 11.9. The Morgan fingerprint density at radius 1 is 1.14 bits per heavy atom. The van der Waals surface area contributed by atoms with Crippen LogP contribution in [0.5, 0.6) is 11.5 Å². The molecule has 0 saturated carbocycles. The minimum atomic E-state index is -0.698. The molecule has 2 aromatic carbocycles. The first kappa shape index (κ1) is 21.3. The van der Waals surface area contributed by atoms with Gasteiger partial charge in [0.2, 0.25) is 5.91 Å². The lowest BCUT2D eigenvalue weighted by molar-refractivity contribution is -0.118. The molecular weight excluding hydrogens is 352 g/mol. The highest BCUT2D eigenvalue weighted by Crippen LogP contribution is 2.41. The number of allylic oxidation sites excluding steroid dienone is 2. The lowest BCUT2D eigenvalue weighted by Crippen LogP contribution is -2.40. The Kier molecular flexibility index (Phi) is 7.01. The second-order valence-electron chi connectivity index (χ2n) is 7.08. The molecule has 0 aliphatic carbocycles. The van der Waals surface area contributed by atoms with Crippen molar-refractivity contribution in [1.82, 2.24) is 0 Å². The molecule has 1 unspecified atom stereocenters. The molecule has 2 rings (SSSR count). The Balaban J connectivity index is 2.67. The van der Waals surface area contributed by atoms with Gasteiger partial charge in [-0.1, -0.05) is 38.1 Å². The summed E-state index contributed by atoms with van der Waals surface area (Å²) in [5, 5.41) is 23.4. The van der Waals surface area contributed by atoms with Crippen molar-refractivity contribution in [2.45, 2.75) is 32.7 Å². The largest absolute Gasteiger partial charge is 0.508 e. The fourth-order valence-electron chi connectivity index (χ4n) is 2.99. The second-order valence-corrected chi connectivity index (χ2v) is 7.08. The van der Waals surface area contributed by atoms with Gasteiger partial charge in [0.25, 0.3) is 0 Å². The Labute approximate surface area is 166 Å². The van der Waals surface area contributed by atoms with E-state index < -0.39 is 6.04 Å². The van der Waals surface area contributed by atoms with Crippen LogP contribution in [0.15, 0.2) is 55.6 Å². The molecule has 1 atom stereocenters. The molecule has 0 aliphatic heterocycles. The molecule has 0 aliphatic rings. The van der Waals surface area contributed by atoms with Gasteiger partial charge in [-0.05, 0) is 53.6 Å². The number of hydrogen-bond acceptors (Lipinski definition) is 4. The van der Waals surface area contributed by atoms with Crippen LogP contribution in [0.1, 0.15) is 25.0 Å². The first-order valence-electron chi connectivity index (χ1n) is 9.25. The van der Waals surface area contributed by atoms with E-state index >= 15 is 0 Å². The van der Waals surface area contributed by atoms with Crippen molar-refractivity contribution in [3.8, 4) is 22.6 Å². The van der Waals surface area contributed by atoms with Crippen LogP contribution in [-0.2, 0) is 17.6 Å². The lowest BCUT2D eigenvalue weighted by atomic mass is 9.92. The van der Waals surface area contributed by atoms with Crippen molar-refractivity contribution in [2.24, 2.45) is 11.7 Å². The highest BCUT2D eigenvalue weighted by atomic mass is 16.3. The number of carbonyl (C=O) groups is 1. The maximum Gasteiger partial charge on any atom is 0.241 e. The molecule has 0 saturated heterocycles. The summed E-state index contributed by atoms with van der Waals surface area (Å²) in [5.41, 5.74) is 9.29. The summed E-state index contributed by atoms with van der Waals surface area (Å²) in [7, 11) is 0. The van der Waals surface area contributed by atoms with Crippen molar-refractivity contribution >= 4 is 11.6 Å². The summed E-state index contributed by atoms with van der Waals surface area (Å²) in [5.74, 6) is -0.310. The zero-order chi connectivity index (χ0) is 20.8. The molecule has 0 fully saturated rings. The average molecular weight is 380 g/mol. The van der Waals surface area contributed by atoms with Gasteiger partial charge in [0.15, 0.2) is 0 Å². The average Bonchev–Trinajstić information content (AvgIpc) is 2.66. The number of amides is 1. The minimum Gasteiger partial charge on any atom is -0.508 e. The van der Waals surface area contributed by atoms with Crippen molar-refractivity contribution < 1.29 is 15.0 Å². The topological polar surface area (TPSA) is 95.6 Å². The second kappa shape index (κ2) is 9.24. The first-order valence-corrected chi connectivity index (χ1v) is 9.25. The summed E-state index contributed by atoms with van der Waals surface area (Å²) in [6.07, 6.45) is 4.53. The van der Waals surface area contributed by atoms with Crippen molar-refractivity contribution in [2.75, 3.05) is 5.32 Å². The van der Waals surface area contributed by atoms with E-state index in [1.165, 1.54) is 0 Å². The molecule has 2 aromatic rings. The van der Waals surface area contributed by atoms with Gasteiger partial charge >= 0.3 is 0 Å². The number of benzene rings is 2. The zero-order valence-corrected chi connectivity index (χ0v) is 16.4. The van der Waals surface area contributed by atoms with E-state index in [1.54, 1.807) is 36.4 Å². The molecule has 0 heterocycles. The molecule has 5 heteroatoms. The van der Waals surface area contributed by atoms with Gasteiger partial charge in [-0.25, -0.2) is 0 Å². The number of nitrogens with one attached hydrogen (secondary N) is 1. The maximum absolute atomic E-state index is 12.6. The molecule has 0 spiro atoms. The van der Waals surface area contributed by atoms with Crippen molar-refractivity contribution in [1.29, 1.82) is 0 Å². The molecule has 1 amide bonds. The van der Waals surface area contributed by atoms with E-state index in [4.69, 9.17) is 5.73 Å². The van der Waals surface area contributed by atoms with E-state index in [-0.39, 0.29) is 23.3 Å². The van der Waals surface area contributed by atoms with E-state index in [9.17, 15) is 15.0 Å². The highest BCUT2D eigenvalue weighted by molar-refractivity contribution is 5.99. The van der Waals surface area contributed by atoms with E-state index in [0.29, 0.717) is 24.1 Å². The number of nitrogens with two attached hydrogens (primary N) is 1. The summed E-state index contributed by atoms with van der Waals surface area (Å²) in [4.78, 5) is 12.6. The third-order valence-electron chi connectivity index (χ3n) is 4.66. The standard InChI is InChI=1S/C23H28N2O3/c1-5-7-16-13-19(15-9-11-17(26)12-10-15)22(27)21(18(16)8-6-2)25-23(28)20(24)14(3)4/h5-6,9-14,20,26-27H,1-2,7-8,24H2,3-4H3,(H,25,28). The van der Waals surface area contributed by atoms with Gasteiger partial charge in [0, 0.05) is 5.56 Å². The van der Waals surface area contributed by atoms with Gasteiger partial charge in [-0.15, -0.1) is 13.2 Å². The third-order valence-corrected chi connectivity index (χ3v) is 4.66. The van der Waals surface area contributed by atoms with Crippen LogP contribution in [0.4, 0.5) is 5.69 Å². The number of anilines is 1. The van der Waals surface area contributed by atoms with Crippen molar-refractivity contribution in [3.63, 3.8) is 0 Å². The molecule has 0 aromatic heterocycles. The first-order chi connectivity index (χ1) is 13.3. The fourth-order valence-corrected chi connectivity index (χ4v) is 2.99. The Morgan fingerprint density at radius 3 is 2.29 bits per heavy atom. The van der Waals surface area contributed by atoms with E-state index in [0.717, 1.165) is 16.7 Å². The van der Waals surface area contributed by atoms with Crippen LogP contribution in [0, 0.1) is 5.92 Å². The number of rotatable bonds is 8. The smallest absolute Gasteiger partial charge is 0.241 e. The SMILES string of the molecule is C=CCc1cc(-c2ccc(O)cc2)c(O)c(NC(=O)C(N)C(C)C)c1CC=C. The van der Waals surface area contributed by atoms with Gasteiger partial charge in [-0.3, -0.25) is 4.79 Å². The van der Waals surface area contributed by atoms with Gasteiger partial charge in [-0.2, -0.15) is 0 Å². The van der Waals surface area contributed by atoms with Crippen molar-refractivity contribution in [3.05, 3.63) is 66.8 Å². The molecule has 28 heavy (non-hydrogen) atoms. The van der Waals surface area contributed by atoms with Crippen LogP contribution in [0.2, 0.25) is 0 Å². The summed E-state index contributed by atoms with van der Waals surface area (Å²) >= 11 is 0. The molecule has 148 valence electrons. The monoisotopic (exact) mass is 380 g/mol. The Hall–Kier alpha value is -3.05. The third kappa shape index (κ3) is 4.61. The predicted molar refractivity (Wildman–Crippen MR) is 114 cm³/mol. The van der Waals surface area contributed by atoms with Crippen LogP contribution in [0.25, 0.3) is 11.1 Å². The van der Waals surface area contributed by atoms with Gasteiger partial charge < -0.3 is 21.3 Å². The van der Waals surface area contributed by atoms with Crippen LogP contribution in [0.3, 0.4) is 0 Å². The molecule has 5 N–H and O–H groups in total. The summed E-state index contributed by atoms with van der Waals surface area (Å²) < 4.78 is 0. The molecule has 5 nitrogen and oxygen atoms in total. The van der Waals surface area contributed by atoms with Crippen LogP contribution in [-0.4, -0.2) is 22.2 Å². The van der Waals surface area contributed by atoms with Gasteiger partial charge in [0.1, 0.15) is 11.5 Å². The van der Waals surface area contributed by atoms with E-state index in [1.807, 2.05) is 19.9 Å². The number of phenols is 2. The summed E-state index contributed by atoms with van der Waals surface area (Å²) in [6, 6.07) is 7.69. The highest BCUT2D eigenvalue weighted by Gasteiger charge is 2.23. The van der Waals surface area contributed by atoms with E-state index in [2.05, 4.69) is 18.5 Å². The Bertz CT molecular complexity index is 870. The number of aromatic hydroxyl groups is 2. The molecule has 0 bridgehead atoms. The summed E-state index contributed by atoms with van der Waals surface area (Å²) in [6.45, 7) is 11.3.